The zero-order chi connectivity index (χ0) is 18.8. The molecule has 6 heteroatoms. The molecule has 0 amide bonds. The number of carbonyl (C=O) groups excluding carboxylic acids is 1. The Morgan fingerprint density at radius 2 is 1.81 bits per heavy atom. The maximum atomic E-state index is 10.9. The van der Waals surface area contributed by atoms with E-state index >= 15 is 0 Å². The van der Waals surface area contributed by atoms with E-state index in [9.17, 15) is 9.90 Å². The number of aromatic nitrogens is 2. The van der Waals surface area contributed by atoms with E-state index in [0.717, 1.165) is 31.9 Å². The lowest BCUT2D eigenvalue weighted by molar-refractivity contribution is -0.255. The van der Waals surface area contributed by atoms with Gasteiger partial charge in [-0.3, -0.25) is 0 Å². The zero-order valence-electron chi connectivity index (χ0n) is 14.5. The number of carbonyl (C=O) groups is 1. The van der Waals surface area contributed by atoms with Crippen LogP contribution in [0.2, 0.25) is 0 Å². The topological polar surface area (TPSA) is 65.9 Å². The molecule has 0 aliphatic rings. The van der Waals surface area contributed by atoms with E-state index in [1.165, 1.54) is 5.56 Å². The number of carboxylic acids is 1. The molecule has 0 saturated heterocycles. The Bertz CT molecular complexity index is 1100. The fraction of sp³-hybridized carbons (Fsp3) is 0.0952. The van der Waals surface area contributed by atoms with Gasteiger partial charge in [0.25, 0.3) is 0 Å². The smallest absolute Gasteiger partial charge is 0.128 e. The molecular formula is C21H15N2O2S2-. The van der Waals surface area contributed by atoms with Crippen molar-refractivity contribution in [3.63, 3.8) is 0 Å². The Morgan fingerprint density at radius 1 is 1.07 bits per heavy atom. The van der Waals surface area contributed by atoms with Crippen molar-refractivity contribution in [3.8, 4) is 11.1 Å². The molecule has 0 bridgehead atoms. The van der Waals surface area contributed by atoms with Gasteiger partial charge in [0.1, 0.15) is 16.2 Å². The van der Waals surface area contributed by atoms with E-state index in [0.29, 0.717) is 5.75 Å². The van der Waals surface area contributed by atoms with Crippen LogP contribution in [0.1, 0.15) is 21.5 Å². The first kappa shape index (κ1) is 17.7. The van der Waals surface area contributed by atoms with Gasteiger partial charge in [-0.1, -0.05) is 54.1 Å². The first-order valence-corrected chi connectivity index (χ1v) is 10.2. The van der Waals surface area contributed by atoms with Gasteiger partial charge < -0.3 is 9.90 Å². The molecule has 2 heterocycles. The lowest BCUT2D eigenvalue weighted by Crippen LogP contribution is -2.21. The molecule has 0 aliphatic carbocycles. The Hall–Kier alpha value is -2.70. The predicted molar refractivity (Wildman–Crippen MR) is 108 cm³/mol. The van der Waals surface area contributed by atoms with Gasteiger partial charge in [-0.05, 0) is 23.6 Å². The lowest BCUT2D eigenvalue weighted by atomic mass is 10.1. The number of thioether (sulfide) groups is 1. The summed E-state index contributed by atoms with van der Waals surface area (Å²) in [5.74, 6) is -0.462. The molecule has 2 aromatic carbocycles. The highest BCUT2D eigenvalue weighted by Gasteiger charge is 2.13. The summed E-state index contributed by atoms with van der Waals surface area (Å²) in [5, 5.41) is 15.0. The fourth-order valence-corrected chi connectivity index (χ4v) is 4.74. The number of aryl methyl sites for hydroxylation is 1. The van der Waals surface area contributed by atoms with Gasteiger partial charge >= 0.3 is 0 Å². The zero-order valence-corrected chi connectivity index (χ0v) is 16.1. The van der Waals surface area contributed by atoms with Crippen LogP contribution < -0.4 is 5.11 Å². The molecule has 0 saturated carbocycles. The summed E-state index contributed by atoms with van der Waals surface area (Å²) >= 11 is 3.24. The van der Waals surface area contributed by atoms with E-state index in [4.69, 9.17) is 0 Å². The second kappa shape index (κ2) is 7.50. The molecule has 2 aromatic heterocycles. The summed E-state index contributed by atoms with van der Waals surface area (Å²) in [6.45, 7) is 2.07. The van der Waals surface area contributed by atoms with Crippen molar-refractivity contribution in [2.75, 3.05) is 0 Å². The van der Waals surface area contributed by atoms with Crippen LogP contribution in [0.3, 0.4) is 0 Å². The first-order valence-electron chi connectivity index (χ1n) is 8.34. The minimum absolute atomic E-state index is 0.188. The molecule has 27 heavy (non-hydrogen) atoms. The molecule has 0 aliphatic heterocycles. The molecule has 0 unspecified atom stereocenters. The first-order chi connectivity index (χ1) is 13.1. The Balaban J connectivity index is 1.64. The second-order valence-corrected chi connectivity index (χ2v) is 7.97. The predicted octanol–water partition coefficient (Wildman–Crippen LogP) is 4.32. The number of carboxylic acid groups (broad SMARTS) is 1. The van der Waals surface area contributed by atoms with E-state index < -0.39 is 5.97 Å². The molecule has 134 valence electrons. The second-order valence-electron chi connectivity index (χ2n) is 6.15. The van der Waals surface area contributed by atoms with Crippen molar-refractivity contribution in [3.05, 3.63) is 76.9 Å². The van der Waals surface area contributed by atoms with Crippen molar-refractivity contribution in [2.45, 2.75) is 17.7 Å². The van der Waals surface area contributed by atoms with Gasteiger partial charge in [0.2, 0.25) is 0 Å². The van der Waals surface area contributed by atoms with Crippen LogP contribution in [0.5, 0.6) is 0 Å². The van der Waals surface area contributed by atoms with Crippen molar-refractivity contribution < 1.29 is 9.90 Å². The maximum Gasteiger partial charge on any atom is 0.128 e. The Kier molecular flexibility index (Phi) is 4.92. The number of nitrogens with zero attached hydrogens (tertiary/aromatic N) is 2. The number of hydrogen-bond acceptors (Lipinski definition) is 6. The Labute approximate surface area is 164 Å². The SMILES string of the molecule is Cc1ccc(-c2csc3ncnc(SCc4ccc(C(=O)[O-])cc4)c23)cc1. The minimum atomic E-state index is -1.16. The van der Waals surface area contributed by atoms with E-state index in [1.54, 1.807) is 41.6 Å². The van der Waals surface area contributed by atoms with Crippen molar-refractivity contribution in [1.29, 1.82) is 0 Å². The van der Waals surface area contributed by atoms with Crippen LogP contribution in [0.25, 0.3) is 21.3 Å². The third-order valence-corrected chi connectivity index (χ3v) is 6.21. The Morgan fingerprint density at radius 3 is 2.52 bits per heavy atom. The largest absolute Gasteiger partial charge is 0.545 e. The molecule has 0 fully saturated rings. The monoisotopic (exact) mass is 391 g/mol. The molecule has 4 nitrogen and oxygen atoms in total. The molecule has 0 N–H and O–H groups in total. The summed E-state index contributed by atoms with van der Waals surface area (Å²) in [5.41, 5.74) is 4.74. The average molecular weight is 391 g/mol. The maximum absolute atomic E-state index is 10.9. The quantitative estimate of drug-likeness (QED) is 0.374. The molecule has 4 aromatic rings. The van der Waals surface area contributed by atoms with Crippen molar-refractivity contribution in [2.24, 2.45) is 0 Å². The van der Waals surface area contributed by atoms with Crippen molar-refractivity contribution in [1.82, 2.24) is 9.97 Å². The van der Waals surface area contributed by atoms with Gasteiger partial charge in [-0.25, -0.2) is 9.97 Å². The van der Waals surface area contributed by atoms with Crippen LogP contribution in [-0.2, 0) is 5.75 Å². The number of fused-ring (bicyclic) bond motifs is 1. The molecule has 4 rings (SSSR count). The molecular weight excluding hydrogens is 376 g/mol. The fourth-order valence-electron chi connectivity index (χ4n) is 2.79. The van der Waals surface area contributed by atoms with E-state index in [1.807, 2.05) is 12.1 Å². The number of hydrogen-bond donors (Lipinski definition) is 0. The number of rotatable bonds is 5. The standard InChI is InChI=1S/C21H16N2O2S2/c1-13-2-6-15(7-3-13)17-11-27-20-18(17)19(22-12-23-20)26-10-14-4-8-16(9-5-14)21(24)25/h2-9,11-12H,10H2,1H3,(H,24,25)/p-1. The lowest BCUT2D eigenvalue weighted by Gasteiger charge is -2.07. The molecule has 0 radical (unpaired) electrons. The van der Waals surface area contributed by atoms with Gasteiger partial charge in [0.15, 0.2) is 0 Å². The summed E-state index contributed by atoms with van der Waals surface area (Å²) in [6.07, 6.45) is 1.60. The van der Waals surface area contributed by atoms with Crippen LogP contribution in [0.15, 0.2) is 65.3 Å². The highest BCUT2D eigenvalue weighted by molar-refractivity contribution is 7.98. The highest BCUT2D eigenvalue weighted by atomic mass is 32.2. The van der Waals surface area contributed by atoms with Crippen LogP contribution in [0, 0.1) is 6.92 Å². The third-order valence-electron chi connectivity index (χ3n) is 4.26. The number of aromatic carboxylic acids is 1. The number of benzene rings is 2. The van der Waals surface area contributed by atoms with E-state index in [-0.39, 0.29) is 5.56 Å². The summed E-state index contributed by atoms with van der Waals surface area (Å²) < 4.78 is 0. The molecule has 0 spiro atoms. The highest BCUT2D eigenvalue weighted by Crippen LogP contribution is 2.38. The van der Waals surface area contributed by atoms with E-state index in [2.05, 4.69) is 46.5 Å². The van der Waals surface area contributed by atoms with Gasteiger partial charge in [0.05, 0.1) is 11.4 Å². The van der Waals surface area contributed by atoms with Crippen molar-refractivity contribution >= 4 is 39.3 Å². The van der Waals surface area contributed by atoms with Crippen LogP contribution >= 0.6 is 23.1 Å². The minimum Gasteiger partial charge on any atom is -0.545 e. The third kappa shape index (κ3) is 3.72. The summed E-state index contributed by atoms with van der Waals surface area (Å²) in [6, 6.07) is 15.2. The van der Waals surface area contributed by atoms with Crippen LogP contribution in [-0.4, -0.2) is 15.9 Å². The van der Waals surface area contributed by atoms with Gasteiger partial charge in [-0.15, -0.1) is 23.1 Å². The van der Waals surface area contributed by atoms with Gasteiger partial charge in [-0.2, -0.15) is 0 Å². The average Bonchev–Trinajstić information content (AvgIpc) is 3.12. The number of thiophene rings is 1. The molecule has 0 atom stereocenters. The normalized spacial score (nSPS) is 11.0. The van der Waals surface area contributed by atoms with Gasteiger partial charge in [0, 0.05) is 16.7 Å². The summed E-state index contributed by atoms with van der Waals surface area (Å²) in [7, 11) is 0. The van der Waals surface area contributed by atoms with Crippen LogP contribution in [0.4, 0.5) is 0 Å². The summed E-state index contributed by atoms with van der Waals surface area (Å²) in [4.78, 5) is 20.7.